The summed E-state index contributed by atoms with van der Waals surface area (Å²) in [4.78, 5) is 25.2. The van der Waals surface area contributed by atoms with Crippen LogP contribution in [0.2, 0.25) is 0 Å². The van der Waals surface area contributed by atoms with Gasteiger partial charge in [0.2, 0.25) is 0 Å². The second-order valence-electron chi connectivity index (χ2n) is 5.40. The zero-order chi connectivity index (χ0) is 18.7. The smallest absolute Gasteiger partial charge is 0.326 e. The van der Waals surface area contributed by atoms with Gasteiger partial charge in [0.25, 0.3) is 5.91 Å². The minimum Gasteiger partial charge on any atom is -0.465 e. The Kier molecular flexibility index (Phi) is 5.72. The normalized spacial score (nSPS) is 15.5. The second-order valence-corrected chi connectivity index (χ2v) is 7.03. The van der Waals surface area contributed by atoms with Crippen LogP contribution in [0, 0.1) is 3.57 Å². The van der Waals surface area contributed by atoms with Gasteiger partial charge in [-0.3, -0.25) is 14.5 Å². The van der Waals surface area contributed by atoms with Gasteiger partial charge >= 0.3 is 5.97 Å². The van der Waals surface area contributed by atoms with Gasteiger partial charge in [0.05, 0.1) is 6.61 Å². The minimum absolute atomic E-state index is 0.165. The fraction of sp³-hybridized carbons (Fsp3) is 0.167. The van der Waals surface area contributed by atoms with E-state index in [0.29, 0.717) is 11.5 Å². The highest BCUT2D eigenvalue weighted by atomic mass is 127. The molecule has 0 bridgehead atoms. The number of thiocarbonyl (C=S) groups is 1. The third-order valence-electron chi connectivity index (χ3n) is 3.58. The zero-order valence-electron chi connectivity index (χ0n) is 13.8. The fourth-order valence-electron chi connectivity index (χ4n) is 2.42. The van der Waals surface area contributed by atoms with Crippen LogP contribution < -0.4 is 5.32 Å². The molecule has 1 aromatic carbocycles. The molecule has 1 aromatic heterocycles. The van der Waals surface area contributed by atoms with Crippen molar-refractivity contribution in [3.8, 4) is 11.3 Å². The molecule has 1 fully saturated rings. The van der Waals surface area contributed by atoms with Crippen LogP contribution >= 0.6 is 34.8 Å². The van der Waals surface area contributed by atoms with E-state index in [-0.39, 0.29) is 24.0 Å². The van der Waals surface area contributed by atoms with E-state index in [4.69, 9.17) is 21.4 Å². The van der Waals surface area contributed by atoms with Gasteiger partial charge < -0.3 is 14.5 Å². The standard InChI is InChI=1S/C18H15IN2O4S/c1-2-24-16(22)10-21-17(23)14(20-18(21)26)9-13-6-7-15(25-13)11-4-3-5-12(19)8-11/h3-9H,2,10H2,1H3,(H,20,26)/b14-9-. The number of furan rings is 1. The summed E-state index contributed by atoms with van der Waals surface area (Å²) < 4.78 is 11.8. The molecule has 0 atom stereocenters. The van der Waals surface area contributed by atoms with Crippen LogP contribution in [0.1, 0.15) is 12.7 Å². The van der Waals surface area contributed by atoms with E-state index < -0.39 is 11.9 Å². The molecule has 0 unspecified atom stereocenters. The number of halogens is 1. The number of rotatable bonds is 5. The predicted octanol–water partition coefficient (Wildman–Crippen LogP) is 3.17. The van der Waals surface area contributed by atoms with Crippen LogP contribution in [-0.4, -0.2) is 35.0 Å². The van der Waals surface area contributed by atoms with E-state index in [1.54, 1.807) is 19.1 Å². The van der Waals surface area contributed by atoms with Crippen molar-refractivity contribution in [2.24, 2.45) is 0 Å². The number of nitrogens with one attached hydrogen (secondary N) is 1. The molecular formula is C18H15IN2O4S. The average molecular weight is 482 g/mol. The molecule has 1 aliphatic heterocycles. The maximum absolute atomic E-state index is 12.4. The van der Waals surface area contributed by atoms with E-state index in [0.717, 1.165) is 9.13 Å². The largest absolute Gasteiger partial charge is 0.465 e. The molecule has 1 amide bonds. The van der Waals surface area contributed by atoms with Crippen LogP contribution in [0.25, 0.3) is 17.4 Å². The fourth-order valence-corrected chi connectivity index (χ4v) is 3.22. The predicted molar refractivity (Wildman–Crippen MR) is 109 cm³/mol. The molecule has 1 saturated heterocycles. The number of hydrogen-bond donors (Lipinski definition) is 1. The molecule has 0 saturated carbocycles. The highest BCUT2D eigenvalue weighted by Gasteiger charge is 2.32. The summed E-state index contributed by atoms with van der Waals surface area (Å²) >= 11 is 7.36. The van der Waals surface area contributed by atoms with E-state index in [1.165, 1.54) is 4.90 Å². The Bertz CT molecular complexity index is 906. The summed E-state index contributed by atoms with van der Waals surface area (Å²) in [6.07, 6.45) is 1.57. The number of hydrogen-bond acceptors (Lipinski definition) is 5. The first-order valence-corrected chi connectivity index (χ1v) is 9.32. The van der Waals surface area contributed by atoms with Gasteiger partial charge in [0, 0.05) is 15.2 Å². The summed E-state index contributed by atoms with van der Waals surface area (Å²) in [5.74, 6) is 0.308. The number of carbonyl (C=O) groups excluding carboxylic acids is 2. The summed E-state index contributed by atoms with van der Waals surface area (Å²) in [6.45, 7) is 1.73. The van der Waals surface area contributed by atoms with Crippen LogP contribution in [0.3, 0.4) is 0 Å². The first-order chi connectivity index (χ1) is 12.5. The molecule has 8 heteroatoms. The molecule has 3 rings (SSSR count). The number of esters is 1. The van der Waals surface area contributed by atoms with Crippen LogP contribution in [0.15, 0.2) is 46.5 Å². The van der Waals surface area contributed by atoms with Crippen molar-refractivity contribution in [2.75, 3.05) is 13.2 Å². The van der Waals surface area contributed by atoms with Crippen LogP contribution in [0.5, 0.6) is 0 Å². The summed E-state index contributed by atoms with van der Waals surface area (Å²) in [7, 11) is 0. The monoisotopic (exact) mass is 482 g/mol. The number of nitrogens with zero attached hydrogens (tertiary/aromatic N) is 1. The highest BCUT2D eigenvalue weighted by Crippen LogP contribution is 2.25. The van der Waals surface area contributed by atoms with Crippen molar-refractivity contribution >= 4 is 57.9 Å². The Morgan fingerprint density at radius 3 is 2.92 bits per heavy atom. The molecule has 6 nitrogen and oxygen atoms in total. The van der Waals surface area contributed by atoms with E-state index in [9.17, 15) is 9.59 Å². The van der Waals surface area contributed by atoms with Crippen molar-refractivity contribution in [3.05, 3.63) is 51.4 Å². The van der Waals surface area contributed by atoms with E-state index in [2.05, 4.69) is 27.9 Å². The van der Waals surface area contributed by atoms with Crippen molar-refractivity contribution in [1.29, 1.82) is 0 Å². The maximum Gasteiger partial charge on any atom is 0.326 e. The number of carbonyl (C=O) groups is 2. The van der Waals surface area contributed by atoms with Gasteiger partial charge in [-0.05, 0) is 66.0 Å². The van der Waals surface area contributed by atoms with E-state index in [1.807, 2.05) is 30.3 Å². The molecular weight excluding hydrogens is 467 g/mol. The molecule has 134 valence electrons. The molecule has 1 aliphatic rings. The number of benzene rings is 1. The lowest BCUT2D eigenvalue weighted by Crippen LogP contribution is -2.36. The lowest BCUT2D eigenvalue weighted by atomic mass is 10.2. The van der Waals surface area contributed by atoms with Crippen LogP contribution in [0.4, 0.5) is 0 Å². The molecule has 2 aromatic rings. The van der Waals surface area contributed by atoms with Crippen LogP contribution in [-0.2, 0) is 14.3 Å². The first kappa shape index (κ1) is 18.6. The van der Waals surface area contributed by atoms with Gasteiger partial charge in [-0.15, -0.1) is 0 Å². The van der Waals surface area contributed by atoms with Gasteiger partial charge in [-0.25, -0.2) is 0 Å². The molecule has 1 N–H and O–H groups in total. The van der Waals surface area contributed by atoms with Gasteiger partial charge in [0.1, 0.15) is 23.8 Å². The Hall–Kier alpha value is -2.20. The Morgan fingerprint density at radius 1 is 1.38 bits per heavy atom. The third-order valence-corrected chi connectivity index (χ3v) is 4.57. The minimum atomic E-state index is -0.509. The quantitative estimate of drug-likeness (QED) is 0.306. The highest BCUT2D eigenvalue weighted by molar-refractivity contribution is 14.1. The summed E-state index contributed by atoms with van der Waals surface area (Å²) in [5.41, 5.74) is 1.20. The summed E-state index contributed by atoms with van der Waals surface area (Å²) in [6, 6.07) is 11.5. The van der Waals surface area contributed by atoms with Crippen molar-refractivity contribution in [3.63, 3.8) is 0 Å². The van der Waals surface area contributed by atoms with Crippen molar-refractivity contribution in [2.45, 2.75) is 6.92 Å². The molecule has 26 heavy (non-hydrogen) atoms. The average Bonchev–Trinajstić information content (AvgIpc) is 3.16. The molecule has 0 spiro atoms. The third kappa shape index (κ3) is 4.13. The van der Waals surface area contributed by atoms with Crippen molar-refractivity contribution < 1.29 is 18.7 Å². The maximum atomic E-state index is 12.4. The Balaban J connectivity index is 1.77. The number of ether oxygens (including phenoxy) is 1. The van der Waals surface area contributed by atoms with Gasteiger partial charge in [-0.2, -0.15) is 0 Å². The summed E-state index contributed by atoms with van der Waals surface area (Å²) in [5, 5.41) is 2.97. The molecule has 2 heterocycles. The number of amides is 1. The topological polar surface area (TPSA) is 71.8 Å². The lowest BCUT2D eigenvalue weighted by Gasteiger charge is -2.12. The van der Waals surface area contributed by atoms with E-state index >= 15 is 0 Å². The second kappa shape index (κ2) is 8.00. The first-order valence-electron chi connectivity index (χ1n) is 7.84. The Morgan fingerprint density at radius 2 is 2.19 bits per heavy atom. The zero-order valence-corrected chi connectivity index (χ0v) is 16.8. The lowest BCUT2D eigenvalue weighted by molar-refractivity contribution is -0.145. The molecule has 0 radical (unpaired) electrons. The van der Waals surface area contributed by atoms with Gasteiger partial charge in [0.15, 0.2) is 5.11 Å². The Labute approximate surface area is 169 Å². The van der Waals surface area contributed by atoms with Crippen molar-refractivity contribution in [1.82, 2.24) is 10.2 Å². The SMILES string of the molecule is CCOC(=O)CN1C(=O)/C(=C/c2ccc(-c3cccc(I)c3)o2)NC1=S. The van der Waals surface area contributed by atoms with Gasteiger partial charge in [-0.1, -0.05) is 12.1 Å². The molecule has 0 aliphatic carbocycles.